The van der Waals surface area contributed by atoms with Gasteiger partial charge in [-0.15, -0.1) is 0 Å². The number of hydrogen-bond donors (Lipinski definition) is 1. The van der Waals surface area contributed by atoms with E-state index < -0.39 is 0 Å². The number of rotatable bonds is 2. The van der Waals surface area contributed by atoms with E-state index in [0.29, 0.717) is 14.3 Å². The van der Waals surface area contributed by atoms with E-state index in [-0.39, 0.29) is 5.82 Å². The van der Waals surface area contributed by atoms with Crippen LogP contribution in [-0.4, -0.2) is 21.1 Å². The lowest BCUT2D eigenvalue weighted by Crippen LogP contribution is -2.10. The van der Waals surface area contributed by atoms with Gasteiger partial charge in [0.05, 0.1) is 14.6 Å². The summed E-state index contributed by atoms with van der Waals surface area (Å²) in [6.45, 7) is 0.895. The molecule has 2 nitrogen and oxygen atoms in total. The summed E-state index contributed by atoms with van der Waals surface area (Å²) in [4.78, 5) is 3.17. The lowest BCUT2D eigenvalue weighted by Gasteiger charge is -2.10. The zero-order valence-electron chi connectivity index (χ0n) is 9.58. The van der Waals surface area contributed by atoms with Gasteiger partial charge in [-0.05, 0) is 64.7 Å². The molecule has 0 bridgehead atoms. The molecule has 18 heavy (non-hydrogen) atoms. The summed E-state index contributed by atoms with van der Waals surface area (Å²) in [6.07, 6.45) is 1.23. The molecule has 1 atom stereocenters. The quantitative estimate of drug-likeness (QED) is 0.609. The Kier molecular flexibility index (Phi) is 3.68. The predicted molar refractivity (Wildman–Crippen MR) is 85.2 cm³/mol. The van der Waals surface area contributed by atoms with Crippen LogP contribution in [0.3, 0.4) is 0 Å². The number of hydrogen-bond acceptors (Lipinski definition) is 2. The van der Waals surface area contributed by atoms with Gasteiger partial charge in [-0.1, -0.05) is 0 Å². The number of aromatic nitrogens is 2. The molecular formula is C12H12FIN2S2. The summed E-state index contributed by atoms with van der Waals surface area (Å²) in [6, 6.07) is 3.41. The van der Waals surface area contributed by atoms with Crippen molar-refractivity contribution in [2.45, 2.75) is 13.0 Å². The van der Waals surface area contributed by atoms with E-state index in [1.54, 1.807) is 6.07 Å². The molecule has 0 radical (unpaired) electrons. The Morgan fingerprint density at radius 2 is 2.39 bits per heavy atom. The second kappa shape index (κ2) is 5.13. The maximum Gasteiger partial charge on any atom is 0.178 e. The molecule has 0 aliphatic carbocycles. The zero-order valence-corrected chi connectivity index (χ0v) is 13.4. The molecule has 1 aromatic carbocycles. The fourth-order valence-electron chi connectivity index (χ4n) is 2.32. The largest absolute Gasteiger partial charge is 0.331 e. The van der Waals surface area contributed by atoms with E-state index in [1.807, 2.05) is 45.0 Å². The molecule has 1 fully saturated rings. The van der Waals surface area contributed by atoms with Crippen molar-refractivity contribution < 1.29 is 4.39 Å². The minimum absolute atomic E-state index is 0.174. The number of imidazole rings is 1. The third-order valence-electron chi connectivity index (χ3n) is 3.28. The molecule has 2 aromatic rings. The van der Waals surface area contributed by atoms with Crippen molar-refractivity contribution in [2.75, 3.05) is 11.5 Å². The van der Waals surface area contributed by atoms with Gasteiger partial charge in [0.25, 0.3) is 0 Å². The van der Waals surface area contributed by atoms with Gasteiger partial charge in [0.2, 0.25) is 0 Å². The van der Waals surface area contributed by atoms with Crippen LogP contribution >= 0.6 is 46.6 Å². The molecule has 6 heteroatoms. The minimum Gasteiger partial charge on any atom is -0.331 e. The van der Waals surface area contributed by atoms with Crippen LogP contribution in [0.15, 0.2) is 12.1 Å². The van der Waals surface area contributed by atoms with E-state index in [2.05, 4.69) is 4.98 Å². The van der Waals surface area contributed by atoms with Crippen LogP contribution in [0, 0.1) is 20.1 Å². The summed E-state index contributed by atoms with van der Waals surface area (Å²) in [5.74, 6) is 2.89. The van der Waals surface area contributed by atoms with Gasteiger partial charge in [0.1, 0.15) is 5.82 Å². The van der Waals surface area contributed by atoms with Gasteiger partial charge < -0.3 is 9.55 Å². The van der Waals surface area contributed by atoms with Gasteiger partial charge in [-0.3, -0.25) is 0 Å². The summed E-state index contributed by atoms with van der Waals surface area (Å²) in [5.41, 5.74) is 1.81. The molecule has 0 amide bonds. The van der Waals surface area contributed by atoms with Gasteiger partial charge >= 0.3 is 0 Å². The Labute approximate surface area is 127 Å². The summed E-state index contributed by atoms with van der Waals surface area (Å²) >= 11 is 9.34. The number of thioether (sulfide) groups is 1. The average molecular weight is 394 g/mol. The molecule has 0 spiro atoms. The van der Waals surface area contributed by atoms with Crippen LogP contribution in [-0.2, 0) is 6.54 Å². The second-order valence-electron chi connectivity index (χ2n) is 4.55. The van der Waals surface area contributed by atoms with Gasteiger partial charge in [0.15, 0.2) is 4.77 Å². The number of nitrogens with one attached hydrogen (secondary N) is 1. The smallest absolute Gasteiger partial charge is 0.178 e. The zero-order chi connectivity index (χ0) is 12.7. The Hall–Kier alpha value is -0.0800. The fourth-order valence-corrected chi connectivity index (χ4v) is 4.34. The van der Waals surface area contributed by atoms with Crippen molar-refractivity contribution in [3.63, 3.8) is 0 Å². The maximum atomic E-state index is 13.7. The molecule has 1 aromatic heterocycles. The molecule has 1 unspecified atom stereocenters. The standard InChI is InChI=1S/C12H12FIN2S2/c13-8-3-11-10(4-9(8)14)15-12(17)16(11)5-7-1-2-18-6-7/h3-4,7H,1-2,5-6H2,(H,15,17). The normalized spacial score (nSPS) is 19.8. The van der Waals surface area contributed by atoms with E-state index >= 15 is 0 Å². The number of benzene rings is 1. The summed E-state index contributed by atoms with van der Waals surface area (Å²) in [5, 5.41) is 0. The second-order valence-corrected chi connectivity index (χ2v) is 7.25. The number of nitrogens with zero attached hydrogens (tertiary/aromatic N) is 1. The summed E-state index contributed by atoms with van der Waals surface area (Å²) in [7, 11) is 0. The third-order valence-corrected chi connectivity index (χ3v) is 5.66. The van der Waals surface area contributed by atoms with Crippen LogP contribution in [0.4, 0.5) is 4.39 Å². The molecule has 0 saturated carbocycles. The molecule has 1 aliphatic heterocycles. The highest BCUT2D eigenvalue weighted by Crippen LogP contribution is 2.27. The summed E-state index contributed by atoms with van der Waals surface area (Å²) < 4.78 is 17.0. The fraction of sp³-hybridized carbons (Fsp3) is 0.417. The Balaban J connectivity index is 2.07. The van der Waals surface area contributed by atoms with Crippen molar-refractivity contribution in [1.82, 2.24) is 9.55 Å². The monoisotopic (exact) mass is 394 g/mol. The molecule has 1 aliphatic rings. The molecule has 1 N–H and O–H groups in total. The maximum absolute atomic E-state index is 13.7. The molecule has 1 saturated heterocycles. The SMILES string of the molecule is Fc1cc2c(cc1I)[nH]c(=S)n2CC1CCSC1. The first-order chi connectivity index (χ1) is 8.65. The first-order valence-corrected chi connectivity index (χ1v) is 8.44. The van der Waals surface area contributed by atoms with Crippen LogP contribution in [0.5, 0.6) is 0 Å². The van der Waals surface area contributed by atoms with Crippen molar-refractivity contribution in [3.8, 4) is 0 Å². The van der Waals surface area contributed by atoms with Crippen LogP contribution < -0.4 is 0 Å². The van der Waals surface area contributed by atoms with Gasteiger partial charge in [-0.25, -0.2) is 4.39 Å². The molecule has 2 heterocycles. The van der Waals surface area contributed by atoms with E-state index in [4.69, 9.17) is 12.2 Å². The van der Waals surface area contributed by atoms with E-state index in [9.17, 15) is 4.39 Å². The van der Waals surface area contributed by atoms with Crippen molar-refractivity contribution in [2.24, 2.45) is 5.92 Å². The van der Waals surface area contributed by atoms with Gasteiger partial charge in [0, 0.05) is 12.6 Å². The Morgan fingerprint density at radius 3 is 3.11 bits per heavy atom. The number of H-pyrrole nitrogens is 1. The lowest BCUT2D eigenvalue weighted by molar-refractivity contribution is 0.497. The highest BCUT2D eigenvalue weighted by molar-refractivity contribution is 14.1. The van der Waals surface area contributed by atoms with Gasteiger partial charge in [-0.2, -0.15) is 11.8 Å². The highest BCUT2D eigenvalue weighted by Gasteiger charge is 2.18. The average Bonchev–Trinajstić information content (AvgIpc) is 2.92. The molecule has 96 valence electrons. The van der Waals surface area contributed by atoms with E-state index in [0.717, 1.165) is 17.6 Å². The molecular weight excluding hydrogens is 382 g/mol. The number of fused-ring (bicyclic) bond motifs is 1. The first kappa shape index (κ1) is 12.9. The minimum atomic E-state index is -0.174. The Bertz CT molecular complexity index is 643. The highest BCUT2D eigenvalue weighted by atomic mass is 127. The third kappa shape index (κ3) is 2.34. The Morgan fingerprint density at radius 1 is 1.56 bits per heavy atom. The predicted octanol–water partition coefficient (Wildman–Crippen LogP) is 4.20. The van der Waals surface area contributed by atoms with Crippen LogP contribution in [0.2, 0.25) is 0 Å². The van der Waals surface area contributed by atoms with Crippen molar-refractivity contribution >= 4 is 57.6 Å². The number of halogens is 2. The van der Waals surface area contributed by atoms with Crippen LogP contribution in [0.1, 0.15) is 6.42 Å². The first-order valence-electron chi connectivity index (χ1n) is 5.80. The van der Waals surface area contributed by atoms with Crippen molar-refractivity contribution in [1.29, 1.82) is 0 Å². The van der Waals surface area contributed by atoms with E-state index in [1.165, 1.54) is 17.9 Å². The lowest BCUT2D eigenvalue weighted by atomic mass is 10.1. The topological polar surface area (TPSA) is 20.7 Å². The molecule has 3 rings (SSSR count). The van der Waals surface area contributed by atoms with Crippen LogP contribution in [0.25, 0.3) is 11.0 Å². The van der Waals surface area contributed by atoms with Crippen molar-refractivity contribution in [3.05, 3.63) is 26.3 Å². The number of aromatic amines is 1.